The smallest absolute Gasteiger partial charge is 0.319 e. The second kappa shape index (κ2) is 7.53. The van der Waals surface area contributed by atoms with E-state index < -0.39 is 5.82 Å². The van der Waals surface area contributed by atoms with E-state index in [9.17, 15) is 14.0 Å². The molecule has 1 saturated carbocycles. The summed E-state index contributed by atoms with van der Waals surface area (Å²) in [5.41, 5.74) is 1.33. The normalized spacial score (nSPS) is 13.2. The molecule has 1 aliphatic rings. The fraction of sp³-hybridized carbons (Fsp3) is 0.222. The maximum Gasteiger partial charge on any atom is 0.319 e. The van der Waals surface area contributed by atoms with E-state index >= 15 is 0 Å². The topological polar surface area (TPSA) is 70.2 Å². The summed E-state index contributed by atoms with van der Waals surface area (Å²) in [6, 6.07) is 11.0. The second-order valence-corrected chi connectivity index (χ2v) is 6.28. The van der Waals surface area contributed by atoms with E-state index in [4.69, 9.17) is 11.6 Å². The standard InChI is InChI=1S/C18H17ClFN3O2/c19-15-2-1-3-16(20)14(15)10-17(24)21-11-4-6-12(7-5-11)22-18(25)23-13-8-9-13/h1-7,13H,8-10H2,(H,21,24)(H2,22,23,25). The van der Waals surface area contributed by atoms with Gasteiger partial charge in [0.15, 0.2) is 0 Å². The van der Waals surface area contributed by atoms with Gasteiger partial charge < -0.3 is 16.0 Å². The molecule has 2 aromatic rings. The maximum absolute atomic E-state index is 13.7. The highest BCUT2D eigenvalue weighted by Crippen LogP contribution is 2.21. The van der Waals surface area contributed by atoms with E-state index in [1.165, 1.54) is 12.1 Å². The van der Waals surface area contributed by atoms with E-state index in [-0.39, 0.29) is 35.0 Å². The minimum atomic E-state index is -0.510. The van der Waals surface area contributed by atoms with Gasteiger partial charge in [0.05, 0.1) is 6.42 Å². The molecule has 0 aromatic heterocycles. The molecule has 25 heavy (non-hydrogen) atoms. The van der Waals surface area contributed by atoms with Crippen LogP contribution in [0.2, 0.25) is 5.02 Å². The maximum atomic E-state index is 13.7. The number of hydrogen-bond donors (Lipinski definition) is 3. The van der Waals surface area contributed by atoms with Gasteiger partial charge >= 0.3 is 6.03 Å². The van der Waals surface area contributed by atoms with Crippen LogP contribution in [0, 0.1) is 5.82 Å². The summed E-state index contributed by atoms with van der Waals surface area (Å²) in [7, 11) is 0. The predicted octanol–water partition coefficient (Wildman–Crippen LogP) is 3.94. The number of anilines is 2. The van der Waals surface area contributed by atoms with Gasteiger partial charge in [-0.1, -0.05) is 17.7 Å². The van der Waals surface area contributed by atoms with Crippen molar-refractivity contribution >= 4 is 34.9 Å². The number of halogens is 2. The molecule has 0 atom stereocenters. The highest BCUT2D eigenvalue weighted by atomic mass is 35.5. The van der Waals surface area contributed by atoms with Crippen LogP contribution >= 0.6 is 11.6 Å². The first-order chi connectivity index (χ1) is 12.0. The Morgan fingerprint density at radius 1 is 1.04 bits per heavy atom. The minimum Gasteiger partial charge on any atom is -0.335 e. The van der Waals surface area contributed by atoms with E-state index in [1.54, 1.807) is 30.3 Å². The van der Waals surface area contributed by atoms with Gasteiger partial charge in [0.2, 0.25) is 5.91 Å². The lowest BCUT2D eigenvalue weighted by atomic mass is 10.1. The quantitative estimate of drug-likeness (QED) is 0.754. The molecule has 1 fully saturated rings. The fourth-order valence-electron chi connectivity index (χ4n) is 2.28. The Kier molecular flexibility index (Phi) is 5.19. The van der Waals surface area contributed by atoms with Gasteiger partial charge in [-0.05, 0) is 49.2 Å². The Morgan fingerprint density at radius 3 is 2.28 bits per heavy atom. The van der Waals surface area contributed by atoms with Crippen LogP contribution < -0.4 is 16.0 Å². The summed E-state index contributed by atoms with van der Waals surface area (Å²) in [6.45, 7) is 0. The van der Waals surface area contributed by atoms with Crippen LogP contribution in [0.4, 0.5) is 20.6 Å². The summed E-state index contributed by atoms with van der Waals surface area (Å²) >= 11 is 5.92. The number of nitrogens with one attached hydrogen (secondary N) is 3. The van der Waals surface area contributed by atoms with Crippen molar-refractivity contribution in [2.75, 3.05) is 10.6 Å². The molecule has 130 valence electrons. The molecule has 0 aliphatic heterocycles. The Labute approximate surface area is 149 Å². The molecular formula is C18H17ClFN3O2. The largest absolute Gasteiger partial charge is 0.335 e. The predicted molar refractivity (Wildman–Crippen MR) is 95.4 cm³/mol. The third-order valence-corrected chi connectivity index (χ3v) is 4.09. The van der Waals surface area contributed by atoms with Gasteiger partial charge in [0.25, 0.3) is 0 Å². The highest BCUT2D eigenvalue weighted by molar-refractivity contribution is 6.31. The van der Waals surface area contributed by atoms with Crippen molar-refractivity contribution in [1.82, 2.24) is 5.32 Å². The van der Waals surface area contributed by atoms with Crippen LogP contribution in [0.3, 0.4) is 0 Å². The lowest BCUT2D eigenvalue weighted by Gasteiger charge is -2.09. The number of amides is 3. The van der Waals surface area contributed by atoms with Gasteiger partial charge in [-0.15, -0.1) is 0 Å². The number of urea groups is 1. The van der Waals surface area contributed by atoms with Gasteiger partial charge in [0.1, 0.15) is 5.82 Å². The minimum absolute atomic E-state index is 0.157. The van der Waals surface area contributed by atoms with Crippen molar-refractivity contribution in [2.24, 2.45) is 0 Å². The first-order valence-corrected chi connectivity index (χ1v) is 8.29. The van der Waals surface area contributed by atoms with Crippen molar-refractivity contribution in [2.45, 2.75) is 25.3 Å². The molecule has 1 aliphatic carbocycles. The van der Waals surface area contributed by atoms with E-state index in [2.05, 4.69) is 16.0 Å². The lowest BCUT2D eigenvalue weighted by Crippen LogP contribution is -2.30. The monoisotopic (exact) mass is 361 g/mol. The molecule has 0 saturated heterocycles. The zero-order chi connectivity index (χ0) is 17.8. The van der Waals surface area contributed by atoms with Gasteiger partial charge in [-0.25, -0.2) is 9.18 Å². The van der Waals surface area contributed by atoms with Crippen LogP contribution in [0.25, 0.3) is 0 Å². The van der Waals surface area contributed by atoms with Crippen molar-refractivity contribution in [1.29, 1.82) is 0 Å². The van der Waals surface area contributed by atoms with Gasteiger partial charge in [-0.2, -0.15) is 0 Å². The van der Waals surface area contributed by atoms with Crippen molar-refractivity contribution in [3.63, 3.8) is 0 Å². The average molecular weight is 362 g/mol. The number of rotatable bonds is 5. The number of carbonyl (C=O) groups is 2. The number of benzene rings is 2. The van der Waals surface area contributed by atoms with E-state index in [1.807, 2.05) is 0 Å². The molecule has 0 bridgehead atoms. The molecule has 2 aromatic carbocycles. The molecular weight excluding hydrogens is 345 g/mol. The molecule has 7 heteroatoms. The average Bonchev–Trinajstić information content (AvgIpc) is 3.37. The number of carbonyl (C=O) groups excluding carboxylic acids is 2. The van der Waals surface area contributed by atoms with E-state index in [0.717, 1.165) is 12.8 Å². The highest BCUT2D eigenvalue weighted by Gasteiger charge is 2.23. The first kappa shape index (κ1) is 17.2. The van der Waals surface area contributed by atoms with Crippen LogP contribution in [0.5, 0.6) is 0 Å². The molecule has 3 N–H and O–H groups in total. The summed E-state index contributed by atoms with van der Waals surface area (Å²) in [4.78, 5) is 23.7. The van der Waals surface area contributed by atoms with E-state index in [0.29, 0.717) is 11.4 Å². The van der Waals surface area contributed by atoms with Crippen LogP contribution in [-0.2, 0) is 11.2 Å². The van der Waals surface area contributed by atoms with Gasteiger partial charge in [-0.3, -0.25) is 4.79 Å². The third-order valence-electron chi connectivity index (χ3n) is 3.74. The summed E-state index contributed by atoms with van der Waals surface area (Å²) in [6.07, 6.45) is 1.88. The second-order valence-electron chi connectivity index (χ2n) is 5.88. The molecule has 0 heterocycles. The fourth-order valence-corrected chi connectivity index (χ4v) is 2.51. The Morgan fingerprint density at radius 2 is 1.68 bits per heavy atom. The summed E-state index contributed by atoms with van der Waals surface area (Å²) < 4.78 is 13.7. The van der Waals surface area contributed by atoms with Crippen molar-refractivity contribution < 1.29 is 14.0 Å². The molecule has 0 unspecified atom stereocenters. The Bertz CT molecular complexity index is 771. The van der Waals surface area contributed by atoms with Crippen LogP contribution in [0.1, 0.15) is 18.4 Å². The third kappa shape index (κ3) is 4.93. The van der Waals surface area contributed by atoms with Gasteiger partial charge in [0, 0.05) is 28.0 Å². The van der Waals surface area contributed by atoms with Crippen LogP contribution in [0.15, 0.2) is 42.5 Å². The Hall–Kier alpha value is -2.60. The molecule has 0 radical (unpaired) electrons. The summed E-state index contributed by atoms with van der Waals surface area (Å²) in [5.74, 6) is -0.886. The number of hydrogen-bond acceptors (Lipinski definition) is 2. The Balaban J connectivity index is 1.55. The van der Waals surface area contributed by atoms with Crippen molar-refractivity contribution in [3.05, 3.63) is 58.9 Å². The zero-order valence-electron chi connectivity index (χ0n) is 13.3. The zero-order valence-corrected chi connectivity index (χ0v) is 14.1. The molecule has 0 spiro atoms. The SMILES string of the molecule is O=C(Cc1c(F)cccc1Cl)Nc1ccc(NC(=O)NC2CC2)cc1. The summed E-state index contributed by atoms with van der Waals surface area (Å²) in [5, 5.41) is 8.43. The first-order valence-electron chi connectivity index (χ1n) is 7.91. The molecule has 3 amide bonds. The molecule has 3 rings (SSSR count). The lowest BCUT2D eigenvalue weighted by molar-refractivity contribution is -0.115. The van der Waals surface area contributed by atoms with Crippen molar-refractivity contribution in [3.8, 4) is 0 Å². The molecule has 5 nitrogen and oxygen atoms in total. The van der Waals surface area contributed by atoms with Crippen LogP contribution in [-0.4, -0.2) is 18.0 Å².